The molecule has 1 unspecified atom stereocenters. The van der Waals surface area contributed by atoms with E-state index < -0.39 is 10.8 Å². The molecule has 1 rings (SSSR count). The van der Waals surface area contributed by atoms with Crippen molar-refractivity contribution in [2.24, 2.45) is 0 Å². The third-order valence-electron chi connectivity index (χ3n) is 2.47. The Bertz CT molecular complexity index is 463. The van der Waals surface area contributed by atoms with Crippen LogP contribution < -0.4 is 10.6 Å². The van der Waals surface area contributed by atoms with Crippen molar-refractivity contribution in [3.8, 4) is 0 Å². The summed E-state index contributed by atoms with van der Waals surface area (Å²) in [7, 11) is -0.806. The number of amides is 1. The van der Waals surface area contributed by atoms with E-state index in [0.717, 1.165) is 18.7 Å². The van der Waals surface area contributed by atoms with Crippen LogP contribution in [-0.2, 0) is 10.8 Å². The van der Waals surface area contributed by atoms with E-state index in [-0.39, 0.29) is 5.91 Å². The second-order valence-electron chi connectivity index (χ2n) is 4.30. The summed E-state index contributed by atoms with van der Waals surface area (Å²) >= 11 is 0. The van der Waals surface area contributed by atoms with Crippen molar-refractivity contribution in [2.45, 2.75) is 20.3 Å². The third kappa shape index (κ3) is 5.83. The van der Waals surface area contributed by atoms with E-state index >= 15 is 0 Å². The summed E-state index contributed by atoms with van der Waals surface area (Å²) in [6.07, 6.45) is 2.38. The quantitative estimate of drug-likeness (QED) is 0.740. The first-order chi connectivity index (χ1) is 9.02. The number of nitrogens with one attached hydrogen (secondary N) is 2. The summed E-state index contributed by atoms with van der Waals surface area (Å²) in [5.41, 5.74) is 1.40. The molecule has 0 aliphatic rings. The van der Waals surface area contributed by atoms with Gasteiger partial charge in [0.25, 0.3) is 5.91 Å². The molecule has 19 heavy (non-hydrogen) atoms. The summed E-state index contributed by atoms with van der Waals surface area (Å²) in [5, 5.41) is 5.92. The maximum atomic E-state index is 12.0. The maximum Gasteiger partial charge on any atom is 0.251 e. The number of aromatic nitrogens is 1. The number of anilines is 1. The first kappa shape index (κ1) is 15.6. The Hall–Kier alpha value is -1.43. The molecule has 1 amide bonds. The fourth-order valence-corrected chi connectivity index (χ4v) is 2.20. The average molecular weight is 283 g/mol. The van der Waals surface area contributed by atoms with Gasteiger partial charge < -0.3 is 10.6 Å². The highest BCUT2D eigenvalue weighted by Crippen LogP contribution is 2.09. The van der Waals surface area contributed by atoms with Gasteiger partial charge in [0.1, 0.15) is 5.82 Å². The van der Waals surface area contributed by atoms with E-state index in [2.05, 4.69) is 15.6 Å². The van der Waals surface area contributed by atoms with Crippen LogP contribution in [0.2, 0.25) is 0 Å². The van der Waals surface area contributed by atoms with Crippen LogP contribution in [0.5, 0.6) is 0 Å². The van der Waals surface area contributed by atoms with Crippen LogP contribution in [0.15, 0.2) is 12.1 Å². The Labute approximate surface area is 116 Å². The topological polar surface area (TPSA) is 71.1 Å². The van der Waals surface area contributed by atoms with Gasteiger partial charge in [-0.05, 0) is 32.4 Å². The van der Waals surface area contributed by atoms with Crippen LogP contribution in [0, 0.1) is 6.92 Å². The molecule has 2 N–H and O–H groups in total. The highest BCUT2D eigenvalue weighted by atomic mass is 32.2. The molecule has 106 valence electrons. The van der Waals surface area contributed by atoms with E-state index in [9.17, 15) is 9.00 Å². The summed E-state index contributed by atoms with van der Waals surface area (Å²) in [6.45, 7) is 5.14. The number of aryl methyl sites for hydroxylation is 1. The maximum absolute atomic E-state index is 12.0. The molecule has 0 bridgehead atoms. The Morgan fingerprint density at radius 2 is 2.16 bits per heavy atom. The van der Waals surface area contributed by atoms with Crippen LogP contribution in [0.1, 0.15) is 29.4 Å². The number of carbonyl (C=O) groups excluding carboxylic acids is 1. The molecule has 1 atom stereocenters. The van der Waals surface area contributed by atoms with E-state index in [0.29, 0.717) is 23.7 Å². The molecule has 1 heterocycles. The number of hydrogen-bond acceptors (Lipinski definition) is 4. The van der Waals surface area contributed by atoms with Crippen molar-refractivity contribution < 1.29 is 9.00 Å². The highest BCUT2D eigenvalue weighted by Gasteiger charge is 2.07. The molecule has 5 nitrogen and oxygen atoms in total. The standard InChI is InChI=1S/C13H21N3O2S/c1-4-14-12-9-11(8-10(2)16-12)13(17)15-6-5-7-19(3)18/h8-9H,4-7H2,1-3H3,(H,14,16)(H,15,17). The van der Waals surface area contributed by atoms with Crippen LogP contribution in [0.3, 0.4) is 0 Å². The smallest absolute Gasteiger partial charge is 0.251 e. The third-order valence-corrected chi connectivity index (χ3v) is 3.33. The number of pyridine rings is 1. The zero-order chi connectivity index (χ0) is 14.3. The van der Waals surface area contributed by atoms with Gasteiger partial charge in [-0.1, -0.05) is 0 Å². The SMILES string of the molecule is CCNc1cc(C(=O)NCCCS(C)=O)cc(C)n1. The van der Waals surface area contributed by atoms with Gasteiger partial charge in [0.05, 0.1) is 0 Å². The molecule has 0 aromatic carbocycles. The van der Waals surface area contributed by atoms with Crippen molar-refractivity contribution >= 4 is 22.5 Å². The molecule has 0 radical (unpaired) electrons. The highest BCUT2D eigenvalue weighted by molar-refractivity contribution is 7.84. The van der Waals surface area contributed by atoms with Crippen molar-refractivity contribution in [3.63, 3.8) is 0 Å². The minimum atomic E-state index is -0.806. The first-order valence-corrected chi connectivity index (χ1v) is 8.06. The van der Waals surface area contributed by atoms with Crippen LogP contribution in [0.25, 0.3) is 0 Å². The zero-order valence-electron chi connectivity index (χ0n) is 11.7. The number of nitrogens with zero attached hydrogens (tertiary/aromatic N) is 1. The van der Waals surface area contributed by atoms with Gasteiger partial charge in [-0.3, -0.25) is 9.00 Å². The van der Waals surface area contributed by atoms with E-state index in [1.807, 2.05) is 13.8 Å². The fourth-order valence-electron chi connectivity index (χ4n) is 1.65. The van der Waals surface area contributed by atoms with Crippen molar-refractivity contribution in [1.29, 1.82) is 0 Å². The monoisotopic (exact) mass is 283 g/mol. The van der Waals surface area contributed by atoms with Crippen LogP contribution >= 0.6 is 0 Å². The van der Waals surface area contributed by atoms with Gasteiger partial charge >= 0.3 is 0 Å². The van der Waals surface area contributed by atoms with Gasteiger partial charge in [-0.2, -0.15) is 0 Å². The van der Waals surface area contributed by atoms with Crippen LogP contribution in [0.4, 0.5) is 5.82 Å². The normalized spacial score (nSPS) is 11.9. The first-order valence-electron chi connectivity index (χ1n) is 6.33. The number of carbonyl (C=O) groups is 1. The van der Waals surface area contributed by atoms with Gasteiger partial charge in [-0.25, -0.2) is 4.98 Å². The van der Waals surface area contributed by atoms with Crippen molar-refractivity contribution in [3.05, 3.63) is 23.4 Å². The van der Waals surface area contributed by atoms with Gasteiger partial charge in [0.2, 0.25) is 0 Å². The summed E-state index contributed by atoms with van der Waals surface area (Å²) < 4.78 is 10.9. The lowest BCUT2D eigenvalue weighted by atomic mass is 10.2. The van der Waals surface area contributed by atoms with Gasteiger partial charge in [-0.15, -0.1) is 0 Å². The van der Waals surface area contributed by atoms with Crippen molar-refractivity contribution in [1.82, 2.24) is 10.3 Å². The van der Waals surface area contributed by atoms with Gasteiger partial charge in [0, 0.05) is 47.2 Å². The van der Waals surface area contributed by atoms with E-state index in [4.69, 9.17) is 0 Å². The Balaban J connectivity index is 2.58. The summed E-state index contributed by atoms with van der Waals surface area (Å²) in [4.78, 5) is 16.2. The molecule has 0 aliphatic carbocycles. The number of hydrogen-bond donors (Lipinski definition) is 2. The second-order valence-corrected chi connectivity index (χ2v) is 5.85. The largest absolute Gasteiger partial charge is 0.370 e. The molecule has 1 aromatic heterocycles. The molecule has 0 fully saturated rings. The lowest BCUT2D eigenvalue weighted by molar-refractivity contribution is 0.0953. The lowest BCUT2D eigenvalue weighted by Gasteiger charge is -2.08. The summed E-state index contributed by atoms with van der Waals surface area (Å²) in [5.74, 6) is 1.20. The zero-order valence-corrected chi connectivity index (χ0v) is 12.5. The minimum Gasteiger partial charge on any atom is -0.370 e. The molecule has 0 aliphatic heterocycles. The molecule has 6 heteroatoms. The molecule has 1 aromatic rings. The van der Waals surface area contributed by atoms with E-state index in [1.54, 1.807) is 18.4 Å². The number of rotatable bonds is 7. The van der Waals surface area contributed by atoms with Crippen molar-refractivity contribution in [2.75, 3.05) is 30.4 Å². The predicted octanol–water partition coefficient (Wildman–Crippen LogP) is 1.32. The molecule has 0 saturated carbocycles. The van der Waals surface area contributed by atoms with E-state index in [1.165, 1.54) is 0 Å². The fraction of sp³-hybridized carbons (Fsp3) is 0.538. The molecular formula is C13H21N3O2S. The molecule has 0 spiro atoms. The Morgan fingerprint density at radius 1 is 1.42 bits per heavy atom. The Morgan fingerprint density at radius 3 is 2.79 bits per heavy atom. The molecular weight excluding hydrogens is 262 g/mol. The summed E-state index contributed by atoms with van der Waals surface area (Å²) in [6, 6.07) is 3.50. The predicted molar refractivity (Wildman–Crippen MR) is 79.0 cm³/mol. The molecule has 0 saturated heterocycles. The Kier molecular flexibility index (Phi) is 6.49. The minimum absolute atomic E-state index is 0.119. The second kappa shape index (κ2) is 7.89. The van der Waals surface area contributed by atoms with Crippen LogP contribution in [-0.4, -0.2) is 40.2 Å². The van der Waals surface area contributed by atoms with Gasteiger partial charge in [0.15, 0.2) is 0 Å². The lowest BCUT2D eigenvalue weighted by Crippen LogP contribution is -2.25. The average Bonchev–Trinajstić information content (AvgIpc) is 2.34.